The number of carboxylic acids is 1. The number of benzene rings is 1. The average molecular weight is 510 g/mol. The molecule has 2 aliphatic rings. The Morgan fingerprint density at radius 1 is 1.24 bits per heavy atom. The minimum Gasteiger partial charge on any atom is -0.478 e. The molecule has 1 aliphatic carbocycles. The number of carbonyl (C=O) groups excluding carboxylic acids is 3. The number of carboxylic acid groups (broad SMARTS) is 1. The molecular formula is C21H16ClNO10S. The highest BCUT2D eigenvalue weighted by Crippen LogP contribution is 2.42. The van der Waals surface area contributed by atoms with Gasteiger partial charge in [-0.15, -0.1) is 0 Å². The number of hydrogen-bond acceptors (Lipinski definition) is 9. The highest BCUT2D eigenvalue weighted by Gasteiger charge is 2.62. The van der Waals surface area contributed by atoms with Gasteiger partial charge in [0.25, 0.3) is 5.91 Å². The van der Waals surface area contributed by atoms with Crippen LogP contribution in [0.2, 0.25) is 5.02 Å². The molecule has 4 rings (SSSR count). The molecule has 0 radical (unpaired) electrons. The van der Waals surface area contributed by atoms with E-state index in [4.69, 9.17) is 20.8 Å². The summed E-state index contributed by atoms with van der Waals surface area (Å²) in [5.41, 5.74) is -2.02. The topological polar surface area (TPSA) is 174 Å². The molecule has 2 aromatic rings. The predicted molar refractivity (Wildman–Crippen MR) is 116 cm³/mol. The van der Waals surface area contributed by atoms with Gasteiger partial charge < -0.3 is 19.6 Å². The van der Waals surface area contributed by atoms with E-state index in [0.29, 0.717) is 10.4 Å². The van der Waals surface area contributed by atoms with Crippen molar-refractivity contribution in [2.45, 2.75) is 18.2 Å². The van der Waals surface area contributed by atoms with E-state index in [2.05, 4.69) is 5.32 Å². The van der Waals surface area contributed by atoms with Gasteiger partial charge in [0.15, 0.2) is 15.6 Å². The summed E-state index contributed by atoms with van der Waals surface area (Å²) in [7, 11) is -4.11. The fourth-order valence-electron chi connectivity index (χ4n) is 4.17. The highest BCUT2D eigenvalue weighted by atomic mass is 35.5. The van der Waals surface area contributed by atoms with Gasteiger partial charge in [0.1, 0.15) is 29.0 Å². The van der Waals surface area contributed by atoms with Crippen molar-refractivity contribution in [3.63, 3.8) is 0 Å². The smallest absolute Gasteiger partial charge is 0.349 e. The summed E-state index contributed by atoms with van der Waals surface area (Å²) in [6, 6.07) is 3.99. The molecule has 1 aromatic carbocycles. The summed E-state index contributed by atoms with van der Waals surface area (Å²) in [5, 5.41) is 10.9. The summed E-state index contributed by atoms with van der Waals surface area (Å²) in [4.78, 5) is 60.7. The zero-order chi connectivity index (χ0) is 24.9. The monoisotopic (exact) mass is 509 g/mol. The first-order chi connectivity index (χ1) is 15.9. The molecule has 1 fully saturated rings. The van der Waals surface area contributed by atoms with Crippen molar-refractivity contribution in [3.05, 3.63) is 56.4 Å². The maximum absolute atomic E-state index is 12.9. The Hall–Kier alpha value is -3.51. The summed E-state index contributed by atoms with van der Waals surface area (Å²) >= 11 is 5.91. The molecule has 3 atom stereocenters. The van der Waals surface area contributed by atoms with Gasteiger partial charge in [-0.2, -0.15) is 0 Å². The Balaban J connectivity index is 1.65. The van der Waals surface area contributed by atoms with Gasteiger partial charge in [-0.25, -0.2) is 18.0 Å². The molecule has 1 unspecified atom stereocenters. The van der Waals surface area contributed by atoms with E-state index < -0.39 is 79.8 Å². The lowest BCUT2D eigenvalue weighted by molar-refractivity contribution is -0.141. The third-order valence-corrected chi connectivity index (χ3v) is 8.02. The number of fused-ring (bicyclic) bond motifs is 2. The molecule has 11 nitrogen and oxygen atoms in total. The standard InChI is InChI=1S/C21H16ClNO10S/c1-8(24)32-6-10-7-34(30,31)18-15(14(10)20(27)28)17(25)16(18)23-19(26)12-5-9-4-11(22)2-3-13(9)33-21(12)29/h2-5,15-16,18H,6-7H2,1H3,(H,23,26)(H,27,28)/t15?,16-,18+/m1/s1. The molecule has 2 heterocycles. The van der Waals surface area contributed by atoms with Gasteiger partial charge >= 0.3 is 17.6 Å². The molecule has 0 bridgehead atoms. The number of aliphatic carboxylic acids is 1. The van der Waals surface area contributed by atoms with Crippen molar-refractivity contribution in [2.24, 2.45) is 5.92 Å². The van der Waals surface area contributed by atoms with E-state index in [0.717, 1.165) is 6.92 Å². The van der Waals surface area contributed by atoms with Crippen molar-refractivity contribution in [1.82, 2.24) is 5.32 Å². The Kier molecular flexibility index (Phi) is 5.82. The molecule has 1 aliphatic heterocycles. The molecule has 0 spiro atoms. The van der Waals surface area contributed by atoms with Gasteiger partial charge in [-0.3, -0.25) is 14.4 Å². The van der Waals surface area contributed by atoms with Crippen LogP contribution in [0.4, 0.5) is 0 Å². The average Bonchev–Trinajstić information content (AvgIpc) is 2.74. The quantitative estimate of drug-likeness (QED) is 0.426. The van der Waals surface area contributed by atoms with Gasteiger partial charge in [0.2, 0.25) is 0 Å². The molecule has 1 saturated carbocycles. The number of Topliss-reactive ketones (excluding diaryl/α,β-unsaturated/α-hetero) is 1. The number of sulfone groups is 1. The summed E-state index contributed by atoms with van der Waals surface area (Å²) in [5.74, 6) is -6.51. The van der Waals surface area contributed by atoms with Crippen LogP contribution in [0, 0.1) is 5.92 Å². The van der Waals surface area contributed by atoms with E-state index in [-0.39, 0.29) is 11.2 Å². The first-order valence-electron chi connectivity index (χ1n) is 9.79. The number of carbonyl (C=O) groups is 4. The van der Waals surface area contributed by atoms with Crippen molar-refractivity contribution >= 4 is 56.0 Å². The third-order valence-electron chi connectivity index (χ3n) is 5.66. The zero-order valence-electron chi connectivity index (χ0n) is 17.4. The number of rotatable bonds is 5. The fourth-order valence-corrected chi connectivity index (χ4v) is 6.57. The maximum atomic E-state index is 12.9. The first kappa shape index (κ1) is 23.6. The van der Waals surface area contributed by atoms with Crippen LogP contribution in [-0.2, 0) is 29.0 Å². The second-order valence-electron chi connectivity index (χ2n) is 7.84. The molecule has 34 heavy (non-hydrogen) atoms. The Morgan fingerprint density at radius 3 is 2.59 bits per heavy atom. The van der Waals surface area contributed by atoms with E-state index in [1.807, 2.05) is 0 Å². The van der Waals surface area contributed by atoms with Crippen molar-refractivity contribution in [3.8, 4) is 0 Å². The third kappa shape index (κ3) is 3.99. The van der Waals surface area contributed by atoms with Gasteiger partial charge in [-0.1, -0.05) is 11.6 Å². The Labute approximate surface area is 196 Å². The Morgan fingerprint density at radius 2 is 1.94 bits per heavy atom. The number of hydrogen-bond donors (Lipinski definition) is 2. The number of ketones is 1. The van der Waals surface area contributed by atoms with Crippen molar-refractivity contribution in [2.75, 3.05) is 12.4 Å². The van der Waals surface area contributed by atoms with Crippen LogP contribution in [0.15, 0.2) is 44.6 Å². The van der Waals surface area contributed by atoms with Gasteiger partial charge in [-0.05, 0) is 29.8 Å². The van der Waals surface area contributed by atoms with Crippen LogP contribution in [0.5, 0.6) is 0 Å². The van der Waals surface area contributed by atoms with Crippen LogP contribution in [0.1, 0.15) is 17.3 Å². The second-order valence-corrected chi connectivity index (χ2v) is 10.4. The van der Waals surface area contributed by atoms with Gasteiger partial charge in [0.05, 0.1) is 17.2 Å². The van der Waals surface area contributed by atoms with Crippen molar-refractivity contribution < 1.29 is 41.9 Å². The number of esters is 1. The lowest BCUT2D eigenvalue weighted by atomic mass is 9.71. The molecule has 2 N–H and O–H groups in total. The van der Waals surface area contributed by atoms with E-state index in [9.17, 15) is 37.5 Å². The molecule has 13 heteroatoms. The van der Waals surface area contributed by atoms with Crippen LogP contribution >= 0.6 is 11.6 Å². The lowest BCUT2D eigenvalue weighted by Gasteiger charge is -2.45. The predicted octanol–water partition coefficient (Wildman–Crippen LogP) is 0.485. The lowest BCUT2D eigenvalue weighted by Crippen LogP contribution is -2.70. The fraction of sp³-hybridized carbons (Fsp3) is 0.286. The molecule has 1 aromatic heterocycles. The SMILES string of the molecule is CC(=O)OCC1=C(C(=O)O)C2C(=O)[C@@H](NC(=O)c3cc4cc(Cl)ccc4oc3=O)[C@H]2S(=O)(=O)C1. The normalized spacial score (nSPS) is 23.1. The zero-order valence-corrected chi connectivity index (χ0v) is 18.9. The van der Waals surface area contributed by atoms with E-state index in [1.165, 1.54) is 24.3 Å². The summed E-state index contributed by atoms with van der Waals surface area (Å²) in [6.07, 6.45) is 0. The molecule has 1 amide bonds. The minimum absolute atomic E-state index is 0.164. The molecule has 0 saturated heterocycles. The summed E-state index contributed by atoms with van der Waals surface area (Å²) < 4.78 is 35.5. The number of ether oxygens (including phenoxy) is 1. The largest absolute Gasteiger partial charge is 0.478 e. The highest BCUT2D eigenvalue weighted by molar-refractivity contribution is 7.92. The van der Waals surface area contributed by atoms with E-state index in [1.54, 1.807) is 0 Å². The van der Waals surface area contributed by atoms with Crippen LogP contribution < -0.4 is 10.9 Å². The van der Waals surface area contributed by atoms with Crippen LogP contribution in [0.3, 0.4) is 0 Å². The minimum atomic E-state index is -4.11. The number of nitrogens with one attached hydrogen (secondary N) is 1. The molecular weight excluding hydrogens is 494 g/mol. The first-order valence-corrected chi connectivity index (χ1v) is 11.9. The second kappa shape index (κ2) is 8.37. The van der Waals surface area contributed by atoms with Crippen LogP contribution in [0.25, 0.3) is 11.0 Å². The number of amides is 1. The van der Waals surface area contributed by atoms with Crippen LogP contribution in [-0.4, -0.2) is 60.8 Å². The Bertz CT molecular complexity index is 1470. The van der Waals surface area contributed by atoms with Gasteiger partial charge in [0, 0.05) is 17.3 Å². The summed E-state index contributed by atoms with van der Waals surface area (Å²) in [6.45, 7) is 0.475. The van der Waals surface area contributed by atoms with E-state index >= 15 is 0 Å². The molecule has 178 valence electrons. The maximum Gasteiger partial charge on any atom is 0.349 e. The van der Waals surface area contributed by atoms with Crippen molar-refractivity contribution in [1.29, 1.82) is 0 Å². The number of halogens is 1.